The fourth-order valence-electron chi connectivity index (χ4n) is 1.00. The zero-order valence-corrected chi connectivity index (χ0v) is 9.05. The van der Waals surface area contributed by atoms with Crippen LogP contribution in [0, 0.1) is 5.82 Å². The van der Waals surface area contributed by atoms with Crippen molar-refractivity contribution < 1.29 is 22.4 Å². The average Bonchev–Trinajstić information content (AvgIpc) is 2.10. The second-order valence-electron chi connectivity index (χ2n) is 2.97. The molecule has 0 saturated carbocycles. The van der Waals surface area contributed by atoms with Crippen molar-refractivity contribution in [3.8, 4) is 0 Å². The molecule has 0 atom stereocenters. The number of ketones is 1. The second-order valence-corrected chi connectivity index (χ2v) is 3.78. The monoisotopic (exact) mass is 274 g/mol. The van der Waals surface area contributed by atoms with E-state index in [0.29, 0.717) is 0 Å². The smallest absolute Gasteiger partial charge is 0.294 e. The van der Waals surface area contributed by atoms with Crippen molar-refractivity contribution in [2.24, 2.45) is 0 Å². The number of hydrogen-bond acceptors (Lipinski definition) is 1. The molecular formula is C9H4Cl2F4O. The molecule has 0 unspecified atom stereocenters. The molecule has 0 N–H and O–H groups in total. The molecule has 1 aromatic carbocycles. The van der Waals surface area contributed by atoms with Crippen molar-refractivity contribution in [2.45, 2.75) is 12.6 Å². The van der Waals surface area contributed by atoms with Gasteiger partial charge in [-0.25, -0.2) is 4.39 Å². The van der Waals surface area contributed by atoms with Crippen LogP contribution >= 0.6 is 23.2 Å². The highest BCUT2D eigenvalue weighted by Crippen LogP contribution is 2.28. The maximum absolute atomic E-state index is 12.9. The van der Waals surface area contributed by atoms with E-state index in [2.05, 4.69) is 0 Å². The van der Waals surface area contributed by atoms with Crippen LogP contribution in [0.1, 0.15) is 16.8 Å². The van der Waals surface area contributed by atoms with Crippen LogP contribution in [0.4, 0.5) is 17.6 Å². The minimum atomic E-state index is -4.62. The van der Waals surface area contributed by atoms with Crippen molar-refractivity contribution in [1.29, 1.82) is 0 Å². The van der Waals surface area contributed by atoms with Gasteiger partial charge in [0.05, 0.1) is 10.0 Å². The molecule has 0 aromatic heterocycles. The van der Waals surface area contributed by atoms with E-state index in [9.17, 15) is 22.4 Å². The predicted octanol–water partition coefficient (Wildman–Crippen LogP) is 4.27. The summed E-state index contributed by atoms with van der Waals surface area (Å²) in [7, 11) is 0. The van der Waals surface area contributed by atoms with Crippen LogP contribution in [-0.4, -0.2) is 12.0 Å². The topological polar surface area (TPSA) is 17.1 Å². The zero-order chi connectivity index (χ0) is 12.5. The van der Waals surface area contributed by atoms with Gasteiger partial charge in [-0.15, -0.1) is 0 Å². The maximum atomic E-state index is 12.9. The molecule has 0 spiro atoms. The van der Waals surface area contributed by atoms with E-state index >= 15 is 0 Å². The molecule has 0 fully saturated rings. The Hall–Kier alpha value is -0.810. The Morgan fingerprint density at radius 1 is 1.19 bits per heavy atom. The third-order valence-electron chi connectivity index (χ3n) is 1.67. The molecule has 1 rings (SSSR count). The summed E-state index contributed by atoms with van der Waals surface area (Å²) in [6, 6.07) is 1.63. The van der Waals surface area contributed by atoms with Gasteiger partial charge in [0.1, 0.15) is 6.42 Å². The van der Waals surface area contributed by atoms with E-state index < -0.39 is 34.2 Å². The van der Waals surface area contributed by atoms with Gasteiger partial charge in [-0.05, 0) is 12.1 Å². The van der Waals surface area contributed by atoms with E-state index in [1.165, 1.54) is 0 Å². The average molecular weight is 275 g/mol. The minimum Gasteiger partial charge on any atom is -0.294 e. The van der Waals surface area contributed by atoms with Crippen LogP contribution in [-0.2, 0) is 0 Å². The van der Waals surface area contributed by atoms with E-state index in [-0.39, 0.29) is 5.56 Å². The van der Waals surface area contributed by atoms with Gasteiger partial charge in [-0.2, -0.15) is 13.2 Å². The fourth-order valence-corrected chi connectivity index (χ4v) is 1.49. The lowest BCUT2D eigenvalue weighted by molar-refractivity contribution is -0.125. The minimum absolute atomic E-state index is 0.367. The Labute approximate surface area is 98.0 Å². The van der Waals surface area contributed by atoms with Crippen LogP contribution in [0.25, 0.3) is 0 Å². The Morgan fingerprint density at radius 2 is 1.62 bits per heavy atom. The lowest BCUT2D eigenvalue weighted by Gasteiger charge is -2.06. The summed E-state index contributed by atoms with van der Waals surface area (Å²) in [6.07, 6.45) is -6.25. The predicted molar refractivity (Wildman–Crippen MR) is 51.4 cm³/mol. The van der Waals surface area contributed by atoms with E-state index in [1.54, 1.807) is 0 Å². The van der Waals surface area contributed by atoms with Gasteiger partial charge in [-0.3, -0.25) is 4.79 Å². The van der Waals surface area contributed by atoms with Crippen LogP contribution in [0.5, 0.6) is 0 Å². The first-order chi connectivity index (χ1) is 7.20. The van der Waals surface area contributed by atoms with Crippen molar-refractivity contribution >= 4 is 29.0 Å². The SMILES string of the molecule is O=C(CC(F)(F)F)c1cc(Cl)c(F)c(Cl)c1. The first-order valence-corrected chi connectivity index (χ1v) is 4.71. The standard InChI is InChI=1S/C9H4Cl2F4O/c10-5-1-4(2-6(11)8(5)12)7(16)3-9(13,14)15/h1-2H,3H2. The molecule has 0 aliphatic carbocycles. The lowest BCUT2D eigenvalue weighted by atomic mass is 10.1. The van der Waals surface area contributed by atoms with Crippen molar-refractivity contribution in [2.75, 3.05) is 0 Å². The lowest BCUT2D eigenvalue weighted by Crippen LogP contribution is -2.15. The molecule has 88 valence electrons. The molecular weight excluding hydrogens is 271 g/mol. The first kappa shape index (κ1) is 13.3. The molecule has 1 nitrogen and oxygen atoms in total. The Morgan fingerprint density at radius 3 is 2.00 bits per heavy atom. The summed E-state index contributed by atoms with van der Waals surface area (Å²) in [4.78, 5) is 11.1. The number of benzene rings is 1. The summed E-state index contributed by atoms with van der Waals surface area (Å²) in [6.45, 7) is 0. The van der Waals surface area contributed by atoms with Crippen molar-refractivity contribution in [3.05, 3.63) is 33.6 Å². The molecule has 0 amide bonds. The maximum Gasteiger partial charge on any atom is 0.396 e. The summed E-state index contributed by atoms with van der Waals surface area (Å²) in [5.74, 6) is -2.18. The third kappa shape index (κ3) is 3.35. The Bertz CT molecular complexity index is 405. The summed E-state index contributed by atoms with van der Waals surface area (Å²) in [5.41, 5.74) is -0.367. The third-order valence-corrected chi connectivity index (χ3v) is 2.22. The van der Waals surface area contributed by atoms with Gasteiger partial charge in [0.25, 0.3) is 0 Å². The Kier molecular flexibility index (Phi) is 3.80. The van der Waals surface area contributed by atoms with E-state index in [0.717, 1.165) is 12.1 Å². The number of halogens is 6. The molecule has 0 aliphatic heterocycles. The van der Waals surface area contributed by atoms with E-state index in [4.69, 9.17) is 23.2 Å². The molecule has 0 bridgehead atoms. The zero-order valence-electron chi connectivity index (χ0n) is 7.54. The van der Waals surface area contributed by atoms with Gasteiger partial charge in [0.2, 0.25) is 0 Å². The molecule has 0 heterocycles. The van der Waals surface area contributed by atoms with Crippen molar-refractivity contribution in [1.82, 2.24) is 0 Å². The molecule has 0 radical (unpaired) electrons. The number of carbonyl (C=O) groups excluding carboxylic acids is 1. The molecule has 7 heteroatoms. The van der Waals surface area contributed by atoms with Crippen LogP contribution < -0.4 is 0 Å². The van der Waals surface area contributed by atoms with Gasteiger partial charge < -0.3 is 0 Å². The van der Waals surface area contributed by atoms with Gasteiger partial charge in [-0.1, -0.05) is 23.2 Å². The van der Waals surface area contributed by atoms with Gasteiger partial charge in [0, 0.05) is 5.56 Å². The fraction of sp³-hybridized carbons (Fsp3) is 0.222. The quantitative estimate of drug-likeness (QED) is 0.447. The molecule has 0 aliphatic rings. The van der Waals surface area contributed by atoms with Crippen LogP contribution in [0.2, 0.25) is 10.0 Å². The number of Topliss-reactive ketones (excluding diaryl/α,β-unsaturated/α-hetero) is 1. The molecule has 0 saturated heterocycles. The highest BCUT2D eigenvalue weighted by molar-refractivity contribution is 6.35. The normalized spacial score (nSPS) is 11.6. The summed E-state index contributed by atoms with van der Waals surface area (Å²) >= 11 is 10.7. The number of carbonyl (C=O) groups is 1. The summed E-state index contributed by atoms with van der Waals surface area (Å²) < 4.78 is 48.6. The summed E-state index contributed by atoms with van der Waals surface area (Å²) in [5, 5.41) is -0.976. The Balaban J connectivity index is 3.02. The second kappa shape index (κ2) is 4.59. The highest BCUT2D eigenvalue weighted by Gasteiger charge is 2.32. The first-order valence-electron chi connectivity index (χ1n) is 3.95. The highest BCUT2D eigenvalue weighted by atomic mass is 35.5. The number of rotatable bonds is 2. The van der Waals surface area contributed by atoms with Crippen molar-refractivity contribution in [3.63, 3.8) is 0 Å². The number of hydrogen-bond donors (Lipinski definition) is 0. The largest absolute Gasteiger partial charge is 0.396 e. The van der Waals surface area contributed by atoms with E-state index in [1.807, 2.05) is 0 Å². The van der Waals surface area contributed by atoms with Gasteiger partial charge in [0.15, 0.2) is 11.6 Å². The van der Waals surface area contributed by atoms with Crippen LogP contribution in [0.15, 0.2) is 12.1 Å². The molecule has 1 aromatic rings. The van der Waals surface area contributed by atoms with Crippen LogP contribution in [0.3, 0.4) is 0 Å². The van der Waals surface area contributed by atoms with Gasteiger partial charge >= 0.3 is 6.18 Å². The number of alkyl halides is 3. The molecule has 16 heavy (non-hydrogen) atoms.